The molecule has 2 aromatic carbocycles. The third-order valence-electron chi connectivity index (χ3n) is 7.90. The topological polar surface area (TPSA) is 15.3 Å². The van der Waals surface area contributed by atoms with Crippen LogP contribution in [-0.4, -0.2) is 36.6 Å². The minimum absolute atomic E-state index is 0.448. The molecule has 0 radical (unpaired) electrons. The molecule has 0 spiro atoms. The van der Waals surface area contributed by atoms with E-state index in [1.165, 1.54) is 75.7 Å². The molecule has 0 unspecified atom stereocenters. The first kappa shape index (κ1) is 19.3. The highest BCUT2D eigenvalue weighted by molar-refractivity contribution is 5.36. The fourth-order valence-electron chi connectivity index (χ4n) is 6.39. The maximum absolute atomic E-state index is 4.15. The van der Waals surface area contributed by atoms with Crippen molar-refractivity contribution < 1.29 is 0 Å². The molecule has 2 atom stereocenters. The number of nitrogens with zero attached hydrogens (tertiary/aromatic N) is 1. The Morgan fingerprint density at radius 2 is 1.34 bits per heavy atom. The molecule has 1 N–H and O–H groups in total. The maximum Gasteiger partial charge on any atom is 0.0361 e. The van der Waals surface area contributed by atoms with Gasteiger partial charge in [0.15, 0.2) is 0 Å². The Bertz CT molecular complexity index is 705. The van der Waals surface area contributed by atoms with E-state index in [0.717, 1.165) is 11.8 Å². The van der Waals surface area contributed by atoms with Crippen molar-refractivity contribution in [2.75, 3.05) is 19.6 Å². The number of nitrogens with one attached hydrogen (secondary N) is 1. The molecule has 4 aliphatic rings. The average molecular weight is 389 g/mol. The highest BCUT2D eigenvalue weighted by Crippen LogP contribution is 2.42. The molecule has 0 amide bonds. The minimum Gasteiger partial charge on any atom is -0.312 e. The molecular formula is C27H36N2. The van der Waals surface area contributed by atoms with E-state index in [9.17, 15) is 0 Å². The van der Waals surface area contributed by atoms with Crippen LogP contribution in [0.5, 0.6) is 0 Å². The number of benzene rings is 2. The smallest absolute Gasteiger partial charge is 0.0361 e. The summed E-state index contributed by atoms with van der Waals surface area (Å²) in [5.41, 5.74) is 2.95. The normalized spacial score (nSPS) is 30.0. The van der Waals surface area contributed by atoms with Gasteiger partial charge in [0.25, 0.3) is 0 Å². The maximum atomic E-state index is 4.15. The van der Waals surface area contributed by atoms with Gasteiger partial charge in [-0.1, -0.05) is 79.9 Å². The van der Waals surface area contributed by atoms with E-state index in [2.05, 4.69) is 70.9 Å². The zero-order chi connectivity index (χ0) is 19.5. The van der Waals surface area contributed by atoms with Crippen molar-refractivity contribution in [2.24, 2.45) is 11.8 Å². The van der Waals surface area contributed by atoms with E-state index >= 15 is 0 Å². The lowest BCUT2D eigenvalue weighted by molar-refractivity contribution is 0.00348. The van der Waals surface area contributed by atoms with Gasteiger partial charge in [-0.3, -0.25) is 4.90 Å². The van der Waals surface area contributed by atoms with Crippen LogP contribution in [0.2, 0.25) is 0 Å². The molecule has 3 aliphatic heterocycles. The minimum atomic E-state index is 0.448. The standard InChI is InChI=1S/C27H36N2/c1-4-10-21(11-5-1)20-28-26-24-16-18-29(19-17-24)27(26)25(22-12-6-2-7-13-22)23-14-8-3-9-15-23/h2-3,6-9,12-15,21,24-28H,1,4-5,10-11,16-20H2/t26-,27-/m1/s1. The Morgan fingerprint density at radius 3 is 1.93 bits per heavy atom. The Kier molecular flexibility index (Phi) is 6.01. The molecule has 1 saturated carbocycles. The van der Waals surface area contributed by atoms with E-state index in [4.69, 9.17) is 0 Å². The van der Waals surface area contributed by atoms with Crippen molar-refractivity contribution in [3.8, 4) is 0 Å². The van der Waals surface area contributed by atoms with Crippen LogP contribution in [0, 0.1) is 11.8 Å². The third-order valence-corrected chi connectivity index (χ3v) is 7.90. The van der Waals surface area contributed by atoms with Gasteiger partial charge in [-0.05, 0) is 68.3 Å². The molecular weight excluding hydrogens is 352 g/mol. The molecule has 3 heterocycles. The van der Waals surface area contributed by atoms with E-state index in [1.54, 1.807) is 0 Å². The summed E-state index contributed by atoms with van der Waals surface area (Å²) in [4.78, 5) is 2.81. The van der Waals surface area contributed by atoms with Gasteiger partial charge in [0.1, 0.15) is 0 Å². The summed E-state index contributed by atoms with van der Waals surface area (Å²) in [6.07, 6.45) is 9.92. The van der Waals surface area contributed by atoms with E-state index in [0.29, 0.717) is 18.0 Å². The van der Waals surface area contributed by atoms with Gasteiger partial charge in [0.05, 0.1) is 0 Å². The monoisotopic (exact) mass is 388 g/mol. The number of rotatable bonds is 6. The second-order valence-electron chi connectivity index (χ2n) is 9.60. The first-order valence-corrected chi connectivity index (χ1v) is 12.0. The molecule has 0 aromatic heterocycles. The molecule has 3 saturated heterocycles. The first-order valence-electron chi connectivity index (χ1n) is 12.0. The molecule has 6 rings (SSSR count). The summed E-state index contributed by atoms with van der Waals surface area (Å²) in [6.45, 7) is 3.77. The molecule has 154 valence electrons. The van der Waals surface area contributed by atoms with Crippen molar-refractivity contribution in [3.63, 3.8) is 0 Å². The predicted molar refractivity (Wildman–Crippen MR) is 121 cm³/mol. The Hall–Kier alpha value is -1.64. The summed E-state index contributed by atoms with van der Waals surface area (Å²) < 4.78 is 0. The highest BCUT2D eigenvalue weighted by Gasteiger charge is 2.46. The molecule has 2 nitrogen and oxygen atoms in total. The SMILES string of the molecule is c1ccc(C(c2ccccc2)[C@@H]2[C@H](NCC3CCCCC3)C3CCN2CC3)cc1. The summed E-state index contributed by atoms with van der Waals surface area (Å²) in [5.74, 6) is 2.18. The highest BCUT2D eigenvalue weighted by atomic mass is 15.2. The lowest BCUT2D eigenvalue weighted by Crippen LogP contribution is -2.65. The van der Waals surface area contributed by atoms with Gasteiger partial charge in [-0.25, -0.2) is 0 Å². The van der Waals surface area contributed by atoms with Crippen molar-refractivity contribution in [3.05, 3.63) is 71.8 Å². The van der Waals surface area contributed by atoms with Crippen molar-refractivity contribution in [2.45, 2.75) is 62.9 Å². The van der Waals surface area contributed by atoms with Gasteiger partial charge >= 0.3 is 0 Å². The lowest BCUT2D eigenvalue weighted by atomic mass is 9.70. The average Bonchev–Trinajstić information content (AvgIpc) is 2.81. The van der Waals surface area contributed by atoms with Crippen molar-refractivity contribution in [1.29, 1.82) is 0 Å². The summed E-state index contributed by atoms with van der Waals surface area (Å²) >= 11 is 0. The van der Waals surface area contributed by atoms with E-state index in [-0.39, 0.29) is 0 Å². The molecule has 2 heteroatoms. The zero-order valence-corrected chi connectivity index (χ0v) is 17.7. The van der Waals surface area contributed by atoms with Crippen molar-refractivity contribution in [1.82, 2.24) is 10.2 Å². The van der Waals surface area contributed by atoms with Gasteiger partial charge < -0.3 is 5.32 Å². The van der Waals surface area contributed by atoms with E-state index in [1.807, 2.05) is 0 Å². The summed E-state index contributed by atoms with van der Waals surface area (Å²) in [6, 6.07) is 23.7. The number of piperidine rings is 3. The Morgan fingerprint density at radius 1 is 0.759 bits per heavy atom. The fraction of sp³-hybridized carbons (Fsp3) is 0.556. The van der Waals surface area contributed by atoms with Crippen LogP contribution in [0.4, 0.5) is 0 Å². The summed E-state index contributed by atoms with van der Waals surface area (Å²) in [7, 11) is 0. The largest absolute Gasteiger partial charge is 0.312 e. The molecule has 4 fully saturated rings. The zero-order valence-electron chi connectivity index (χ0n) is 17.7. The lowest BCUT2D eigenvalue weighted by Gasteiger charge is -2.54. The Balaban J connectivity index is 1.45. The van der Waals surface area contributed by atoms with Gasteiger partial charge in [-0.2, -0.15) is 0 Å². The second kappa shape index (κ2) is 9.02. The molecule has 29 heavy (non-hydrogen) atoms. The van der Waals surface area contributed by atoms with Crippen LogP contribution in [0.15, 0.2) is 60.7 Å². The molecule has 1 aliphatic carbocycles. The van der Waals surface area contributed by atoms with Crippen LogP contribution in [-0.2, 0) is 0 Å². The predicted octanol–water partition coefficient (Wildman–Crippen LogP) is 5.45. The molecule has 2 aromatic rings. The van der Waals surface area contributed by atoms with Gasteiger partial charge in [-0.15, -0.1) is 0 Å². The van der Waals surface area contributed by atoms with Crippen LogP contribution >= 0.6 is 0 Å². The van der Waals surface area contributed by atoms with Gasteiger partial charge in [0, 0.05) is 18.0 Å². The van der Waals surface area contributed by atoms with Crippen molar-refractivity contribution >= 4 is 0 Å². The third kappa shape index (κ3) is 4.15. The van der Waals surface area contributed by atoms with Gasteiger partial charge in [0.2, 0.25) is 0 Å². The fourth-order valence-corrected chi connectivity index (χ4v) is 6.39. The van der Waals surface area contributed by atoms with Crippen LogP contribution < -0.4 is 5.32 Å². The van der Waals surface area contributed by atoms with Crippen LogP contribution in [0.1, 0.15) is 62.0 Å². The summed E-state index contributed by atoms with van der Waals surface area (Å²) in [5, 5.41) is 4.15. The second-order valence-corrected chi connectivity index (χ2v) is 9.60. The number of hydrogen-bond acceptors (Lipinski definition) is 2. The first-order chi connectivity index (χ1) is 14.4. The quantitative estimate of drug-likeness (QED) is 0.708. The number of fused-ring (bicyclic) bond motifs is 3. The Labute approximate surface area is 176 Å². The number of hydrogen-bond donors (Lipinski definition) is 1. The van der Waals surface area contributed by atoms with E-state index < -0.39 is 0 Å². The van der Waals surface area contributed by atoms with Crippen LogP contribution in [0.25, 0.3) is 0 Å². The van der Waals surface area contributed by atoms with Crippen LogP contribution in [0.3, 0.4) is 0 Å². The molecule has 2 bridgehead atoms.